The van der Waals surface area contributed by atoms with Crippen LogP contribution in [-0.2, 0) is 38.3 Å². The molecule has 4 N–H and O–H groups in total. The number of esters is 1. The Morgan fingerprint density at radius 3 is 1.42 bits per heavy atom. The Bertz CT molecular complexity index is 1520. The fourth-order valence-corrected chi connectivity index (χ4v) is 9.03. The monoisotopic (exact) mass is 1040 g/mol. The summed E-state index contributed by atoms with van der Waals surface area (Å²) in [7, 11) is -5.07. The maximum absolute atomic E-state index is 13.0. The van der Waals surface area contributed by atoms with E-state index in [0.29, 0.717) is 13.0 Å². The topological polar surface area (TPSA) is 178 Å². The molecule has 418 valence electrons. The maximum atomic E-state index is 13.0. The van der Waals surface area contributed by atoms with Crippen LogP contribution in [0.5, 0.6) is 0 Å². The van der Waals surface area contributed by atoms with E-state index < -0.39 is 59.8 Å². The minimum Gasteiger partial charge on any atom is -0.457 e. The van der Waals surface area contributed by atoms with Crippen LogP contribution in [0.25, 0.3) is 0 Å². The molecule has 12 nitrogen and oxygen atoms in total. The van der Waals surface area contributed by atoms with Gasteiger partial charge in [0.05, 0.1) is 19.8 Å². The van der Waals surface area contributed by atoms with Crippen molar-refractivity contribution in [2.24, 2.45) is 0 Å². The Kier molecular flexibility index (Phi) is 46.4. The number of hydrogen-bond acceptors (Lipinski definition) is 11. The largest absolute Gasteiger partial charge is 0.457 e. The standard InChI is InChI=1S/C59H104O12S/c1-3-5-7-9-11-13-15-17-19-21-23-25-27-28-30-32-34-36-38-40-42-44-46-48-55(61)69-53(52-68-59-57(63)58(71-72(64,65)66)56(62)54(50-60)70-59)51-67-49-47-45-43-41-39-37-35-33-31-29-26-24-22-20-18-16-14-12-10-8-6-4-2/h6,8,12,14,18,20-21,23-24,26,31,33,53-54,56-60,62-63H,3-5,7,9-11,13,15-17,19,22,25,27-30,32,34-52H2,1-2H3,(H,64,65,66)/b8-6-,14-12-,20-18-,23-21-,26-24-,33-31-. The summed E-state index contributed by atoms with van der Waals surface area (Å²) < 4.78 is 59.4. The number of carbonyl (C=O) groups excluding carboxylic acids is 1. The molecular weight excluding hydrogens is 933 g/mol. The van der Waals surface area contributed by atoms with E-state index in [0.717, 1.165) is 89.9 Å². The van der Waals surface area contributed by atoms with E-state index in [4.69, 9.17) is 18.9 Å². The number of carbonyl (C=O) groups is 1. The average Bonchev–Trinajstić information content (AvgIpc) is 3.36. The van der Waals surface area contributed by atoms with Gasteiger partial charge in [0.2, 0.25) is 0 Å². The second-order valence-corrected chi connectivity index (χ2v) is 20.5. The summed E-state index contributed by atoms with van der Waals surface area (Å²) in [5, 5.41) is 30.8. The van der Waals surface area contributed by atoms with Gasteiger partial charge in [-0.15, -0.1) is 0 Å². The molecule has 0 aromatic rings. The van der Waals surface area contributed by atoms with Crippen molar-refractivity contribution in [2.75, 3.05) is 26.4 Å². The fourth-order valence-electron chi connectivity index (χ4n) is 8.52. The van der Waals surface area contributed by atoms with Gasteiger partial charge < -0.3 is 34.3 Å². The molecule has 0 spiro atoms. The van der Waals surface area contributed by atoms with Crippen molar-refractivity contribution in [1.82, 2.24) is 0 Å². The highest BCUT2D eigenvalue weighted by Gasteiger charge is 2.48. The van der Waals surface area contributed by atoms with E-state index in [2.05, 4.69) is 90.9 Å². The van der Waals surface area contributed by atoms with Crippen molar-refractivity contribution in [3.63, 3.8) is 0 Å². The molecule has 1 saturated heterocycles. The lowest BCUT2D eigenvalue weighted by molar-refractivity contribution is -0.301. The van der Waals surface area contributed by atoms with Crippen molar-refractivity contribution in [2.45, 2.75) is 269 Å². The van der Waals surface area contributed by atoms with Crippen LogP contribution in [0.4, 0.5) is 0 Å². The SMILES string of the molecule is CC/C=C\C/C=C\C/C=C\C/C=C\C/C=C\CCCCCCCCOCC(COC1OC(CO)C(O)C(OS(=O)(=O)O)C1O)OC(=O)CCCCCCCCCCCCC/C=C\CCCCCCCCCC. The predicted molar refractivity (Wildman–Crippen MR) is 294 cm³/mol. The first-order valence-corrected chi connectivity index (χ1v) is 30.1. The van der Waals surface area contributed by atoms with E-state index in [1.54, 1.807) is 0 Å². The van der Waals surface area contributed by atoms with Crippen LogP contribution in [0.15, 0.2) is 72.9 Å². The minimum absolute atomic E-state index is 0.0231. The van der Waals surface area contributed by atoms with Crippen molar-refractivity contribution in [1.29, 1.82) is 0 Å². The third-order valence-electron chi connectivity index (χ3n) is 12.8. The molecule has 0 saturated carbocycles. The second-order valence-electron chi connectivity index (χ2n) is 19.5. The summed E-state index contributed by atoms with van der Waals surface area (Å²) in [6.07, 6.45) is 56.5. The first-order valence-electron chi connectivity index (χ1n) is 28.7. The van der Waals surface area contributed by atoms with Gasteiger partial charge in [-0.25, -0.2) is 4.18 Å². The van der Waals surface area contributed by atoms with Crippen LogP contribution in [0.3, 0.4) is 0 Å². The normalized spacial score (nSPS) is 19.4. The van der Waals surface area contributed by atoms with Gasteiger partial charge in [0.1, 0.15) is 30.5 Å². The molecule has 6 unspecified atom stereocenters. The highest BCUT2D eigenvalue weighted by Crippen LogP contribution is 2.26. The van der Waals surface area contributed by atoms with Gasteiger partial charge in [-0.1, -0.05) is 215 Å². The Labute approximate surface area is 439 Å². The Morgan fingerprint density at radius 2 is 0.958 bits per heavy atom. The molecule has 1 aliphatic heterocycles. The molecule has 1 fully saturated rings. The molecule has 1 rings (SSSR count). The zero-order chi connectivity index (χ0) is 52.4. The number of hydrogen-bond donors (Lipinski definition) is 4. The zero-order valence-electron chi connectivity index (χ0n) is 45.2. The molecule has 1 aliphatic rings. The minimum atomic E-state index is -5.07. The zero-order valence-corrected chi connectivity index (χ0v) is 46.0. The van der Waals surface area contributed by atoms with E-state index in [1.165, 1.54) is 116 Å². The average molecular weight is 1040 g/mol. The molecule has 0 amide bonds. The Balaban J connectivity index is 2.32. The summed E-state index contributed by atoms with van der Waals surface area (Å²) in [4.78, 5) is 13.0. The molecule has 0 aliphatic carbocycles. The van der Waals surface area contributed by atoms with Gasteiger partial charge in [-0.3, -0.25) is 9.35 Å². The smallest absolute Gasteiger partial charge is 0.397 e. The van der Waals surface area contributed by atoms with Crippen molar-refractivity contribution in [3.05, 3.63) is 72.9 Å². The van der Waals surface area contributed by atoms with Gasteiger partial charge in [-0.05, 0) is 83.5 Å². The third kappa shape index (κ3) is 41.8. The van der Waals surface area contributed by atoms with E-state index in [1.807, 2.05) is 0 Å². The quantitative estimate of drug-likeness (QED) is 0.0196. The van der Waals surface area contributed by atoms with Crippen LogP contribution >= 0.6 is 0 Å². The van der Waals surface area contributed by atoms with Crippen LogP contribution in [-0.4, -0.2) is 97.5 Å². The molecule has 6 atom stereocenters. The van der Waals surface area contributed by atoms with Crippen molar-refractivity contribution in [3.8, 4) is 0 Å². The van der Waals surface area contributed by atoms with Crippen molar-refractivity contribution < 1.29 is 56.2 Å². The lowest BCUT2D eigenvalue weighted by Gasteiger charge is -2.41. The molecule has 1 heterocycles. The summed E-state index contributed by atoms with van der Waals surface area (Å²) in [5.41, 5.74) is 0. The summed E-state index contributed by atoms with van der Waals surface area (Å²) in [6, 6.07) is 0. The lowest BCUT2D eigenvalue weighted by atomic mass is 9.99. The summed E-state index contributed by atoms with van der Waals surface area (Å²) in [5.74, 6) is -0.405. The molecule has 0 bridgehead atoms. The van der Waals surface area contributed by atoms with E-state index >= 15 is 0 Å². The lowest BCUT2D eigenvalue weighted by Crippen LogP contribution is -2.60. The number of unbranched alkanes of at least 4 members (excludes halogenated alkanes) is 25. The highest BCUT2D eigenvalue weighted by molar-refractivity contribution is 7.80. The molecule has 0 aromatic carbocycles. The number of ether oxygens (including phenoxy) is 4. The second kappa shape index (κ2) is 49.4. The Morgan fingerprint density at radius 1 is 0.542 bits per heavy atom. The molecular formula is C59H104O12S. The van der Waals surface area contributed by atoms with Crippen LogP contribution in [0, 0.1) is 0 Å². The third-order valence-corrected chi connectivity index (χ3v) is 13.3. The van der Waals surface area contributed by atoms with Gasteiger partial charge in [0, 0.05) is 13.0 Å². The molecule has 0 aromatic heterocycles. The van der Waals surface area contributed by atoms with Crippen LogP contribution in [0.1, 0.15) is 232 Å². The van der Waals surface area contributed by atoms with Crippen LogP contribution in [0.2, 0.25) is 0 Å². The van der Waals surface area contributed by atoms with E-state index in [-0.39, 0.29) is 19.6 Å². The highest BCUT2D eigenvalue weighted by atomic mass is 32.3. The molecule has 13 heteroatoms. The van der Waals surface area contributed by atoms with Gasteiger partial charge in [0.25, 0.3) is 0 Å². The Hall–Kier alpha value is -2.46. The molecule has 72 heavy (non-hydrogen) atoms. The summed E-state index contributed by atoms with van der Waals surface area (Å²) >= 11 is 0. The predicted octanol–water partition coefficient (Wildman–Crippen LogP) is 14.2. The maximum Gasteiger partial charge on any atom is 0.397 e. The first-order chi connectivity index (χ1) is 35.1. The first kappa shape index (κ1) is 67.6. The number of aliphatic hydroxyl groups excluding tert-OH is 3. The fraction of sp³-hybridized carbons (Fsp3) is 0.780. The van der Waals surface area contributed by atoms with Gasteiger partial charge in [0.15, 0.2) is 6.29 Å². The van der Waals surface area contributed by atoms with Crippen molar-refractivity contribution >= 4 is 16.4 Å². The van der Waals surface area contributed by atoms with E-state index in [9.17, 15) is 33.1 Å². The van der Waals surface area contributed by atoms with Gasteiger partial charge in [-0.2, -0.15) is 8.42 Å². The van der Waals surface area contributed by atoms with Crippen LogP contribution < -0.4 is 0 Å². The number of rotatable bonds is 50. The summed E-state index contributed by atoms with van der Waals surface area (Å²) in [6.45, 7) is 3.87. The number of aliphatic hydroxyl groups is 3. The molecule has 0 radical (unpaired) electrons. The van der Waals surface area contributed by atoms with Gasteiger partial charge >= 0.3 is 16.4 Å². The number of allylic oxidation sites excluding steroid dienone is 12.